The van der Waals surface area contributed by atoms with Crippen LogP contribution in [0, 0.1) is 0 Å². The highest BCUT2D eigenvalue weighted by atomic mass is 32.2. The first-order valence-electron chi connectivity index (χ1n) is 6.23. The van der Waals surface area contributed by atoms with Crippen molar-refractivity contribution in [3.05, 3.63) is 25.3 Å². The van der Waals surface area contributed by atoms with E-state index in [1.165, 1.54) is 26.0 Å². The molecule has 0 aromatic heterocycles. The Bertz CT molecular complexity index is 474. The summed E-state index contributed by atoms with van der Waals surface area (Å²) < 4.78 is 60.5. The Hall–Kier alpha value is -0.740. The summed E-state index contributed by atoms with van der Waals surface area (Å²) in [5.41, 5.74) is 0. The summed E-state index contributed by atoms with van der Waals surface area (Å²) in [5, 5.41) is 0. The molecule has 0 spiro atoms. The minimum absolute atomic E-state index is 0.117. The van der Waals surface area contributed by atoms with Crippen molar-refractivity contribution in [2.45, 2.75) is 26.1 Å². The van der Waals surface area contributed by atoms with Crippen molar-refractivity contribution in [1.29, 1.82) is 0 Å². The second-order valence-corrected chi connectivity index (χ2v) is 7.72. The molecule has 0 heterocycles. The van der Waals surface area contributed by atoms with Gasteiger partial charge in [-0.2, -0.15) is 16.8 Å². The molecule has 9 heteroatoms. The topological polar surface area (TPSA) is 96.0 Å². The normalized spacial score (nSPS) is 15.3. The summed E-state index contributed by atoms with van der Waals surface area (Å²) in [6.45, 7) is 9.49. The smallest absolute Gasteiger partial charge is 0.270 e. The second-order valence-electron chi connectivity index (χ2n) is 4.35. The van der Waals surface area contributed by atoms with Crippen LogP contribution >= 0.6 is 0 Å². The fourth-order valence-electron chi connectivity index (χ4n) is 1.45. The lowest BCUT2D eigenvalue weighted by Gasteiger charge is -2.18. The molecule has 2 atom stereocenters. The minimum Gasteiger partial charge on any atom is -0.373 e. The SMILES string of the molecule is C=CCOS(=O)(=O)CC(C)OC(C)CS(=O)(=O)OCC=C. The van der Waals surface area contributed by atoms with E-state index in [0.717, 1.165) is 0 Å². The predicted octanol–water partition coefficient (Wildman–Crippen LogP) is 0.845. The van der Waals surface area contributed by atoms with Gasteiger partial charge in [0.2, 0.25) is 0 Å². The first-order valence-corrected chi connectivity index (χ1v) is 9.38. The molecule has 0 amide bonds. The molecule has 0 aliphatic rings. The lowest BCUT2D eigenvalue weighted by atomic mass is 10.4. The summed E-state index contributed by atoms with van der Waals surface area (Å²) in [6, 6.07) is 0. The van der Waals surface area contributed by atoms with Crippen molar-refractivity contribution < 1.29 is 29.9 Å². The Labute approximate surface area is 126 Å². The van der Waals surface area contributed by atoms with Gasteiger partial charge in [0, 0.05) is 0 Å². The highest BCUT2D eigenvalue weighted by molar-refractivity contribution is 7.87. The minimum atomic E-state index is -3.74. The lowest BCUT2D eigenvalue weighted by Crippen LogP contribution is -2.30. The highest BCUT2D eigenvalue weighted by Gasteiger charge is 2.22. The quantitative estimate of drug-likeness (QED) is 0.383. The summed E-state index contributed by atoms with van der Waals surface area (Å²) in [7, 11) is -7.47. The van der Waals surface area contributed by atoms with E-state index in [-0.39, 0.29) is 24.7 Å². The van der Waals surface area contributed by atoms with Gasteiger partial charge in [0.15, 0.2) is 0 Å². The van der Waals surface area contributed by atoms with Crippen LogP contribution < -0.4 is 0 Å². The fraction of sp³-hybridized carbons (Fsp3) is 0.667. The standard InChI is InChI=1S/C12H22O7S2/c1-5-7-17-20(13,14)9-11(3)19-12(4)10-21(15,16)18-8-6-2/h5-6,11-12H,1-2,7-10H2,3-4H3. The fourth-order valence-corrected chi connectivity index (χ4v) is 3.56. The molecule has 7 nitrogen and oxygen atoms in total. The molecule has 0 aromatic carbocycles. The van der Waals surface area contributed by atoms with Crippen molar-refractivity contribution in [3.8, 4) is 0 Å². The molecule has 0 bridgehead atoms. The second kappa shape index (κ2) is 9.31. The first kappa shape index (κ1) is 20.3. The van der Waals surface area contributed by atoms with Crippen LogP contribution in [0.2, 0.25) is 0 Å². The lowest BCUT2D eigenvalue weighted by molar-refractivity contribution is 0.0315. The summed E-state index contributed by atoms with van der Waals surface area (Å²) in [4.78, 5) is 0. The summed E-state index contributed by atoms with van der Waals surface area (Å²) in [6.07, 6.45) is 1.19. The van der Waals surface area contributed by atoms with Crippen LogP contribution in [0.15, 0.2) is 25.3 Å². The monoisotopic (exact) mass is 342 g/mol. The van der Waals surface area contributed by atoms with Gasteiger partial charge in [-0.25, -0.2) is 0 Å². The van der Waals surface area contributed by atoms with Gasteiger partial charge in [0.05, 0.1) is 25.4 Å². The maximum Gasteiger partial charge on any atom is 0.270 e. The highest BCUT2D eigenvalue weighted by Crippen LogP contribution is 2.07. The first-order chi connectivity index (χ1) is 9.62. The van der Waals surface area contributed by atoms with E-state index in [1.54, 1.807) is 0 Å². The van der Waals surface area contributed by atoms with E-state index in [4.69, 9.17) is 4.74 Å². The maximum atomic E-state index is 11.5. The zero-order valence-electron chi connectivity index (χ0n) is 12.2. The Kier molecular flexibility index (Phi) is 8.98. The van der Waals surface area contributed by atoms with E-state index in [0.29, 0.717) is 0 Å². The van der Waals surface area contributed by atoms with Crippen molar-refractivity contribution in [1.82, 2.24) is 0 Å². The van der Waals surface area contributed by atoms with Gasteiger partial charge < -0.3 is 4.74 Å². The average Bonchev–Trinajstić information content (AvgIpc) is 2.32. The largest absolute Gasteiger partial charge is 0.373 e. The van der Waals surface area contributed by atoms with Crippen molar-refractivity contribution in [2.24, 2.45) is 0 Å². The Balaban J connectivity index is 4.35. The molecule has 21 heavy (non-hydrogen) atoms. The molecule has 0 aromatic rings. The third kappa shape index (κ3) is 10.6. The van der Waals surface area contributed by atoms with Crippen molar-refractivity contribution in [3.63, 3.8) is 0 Å². The molecule has 0 rings (SSSR count). The van der Waals surface area contributed by atoms with Crippen molar-refractivity contribution >= 4 is 20.2 Å². The summed E-state index contributed by atoms with van der Waals surface area (Å²) in [5.74, 6) is -0.752. The van der Waals surface area contributed by atoms with Crippen LogP contribution in [0.4, 0.5) is 0 Å². The number of rotatable bonds is 12. The third-order valence-corrected chi connectivity index (χ3v) is 4.82. The Morgan fingerprint density at radius 3 is 1.48 bits per heavy atom. The number of hydrogen-bond acceptors (Lipinski definition) is 7. The molecule has 124 valence electrons. The van der Waals surface area contributed by atoms with Crippen LogP contribution in [0.25, 0.3) is 0 Å². The van der Waals surface area contributed by atoms with E-state index in [1.807, 2.05) is 0 Å². The zero-order chi connectivity index (χ0) is 16.5. The van der Waals surface area contributed by atoms with Crippen LogP contribution in [-0.2, 0) is 33.3 Å². The van der Waals surface area contributed by atoms with Gasteiger partial charge in [-0.3, -0.25) is 8.37 Å². The van der Waals surface area contributed by atoms with E-state index in [9.17, 15) is 16.8 Å². The molecule has 0 radical (unpaired) electrons. The molecule has 0 fully saturated rings. The molecular formula is C12H22O7S2. The van der Waals surface area contributed by atoms with Gasteiger partial charge in [-0.15, -0.1) is 13.2 Å². The Morgan fingerprint density at radius 2 is 1.19 bits per heavy atom. The summed E-state index contributed by atoms with van der Waals surface area (Å²) >= 11 is 0. The van der Waals surface area contributed by atoms with Crippen LogP contribution in [0.5, 0.6) is 0 Å². The molecular weight excluding hydrogens is 320 g/mol. The van der Waals surface area contributed by atoms with Crippen LogP contribution in [0.1, 0.15) is 13.8 Å². The number of ether oxygens (including phenoxy) is 1. The predicted molar refractivity (Wildman–Crippen MR) is 79.9 cm³/mol. The maximum absolute atomic E-state index is 11.5. The van der Waals surface area contributed by atoms with Gasteiger partial charge in [0.25, 0.3) is 20.2 Å². The molecule has 0 aliphatic heterocycles. The number of hydrogen-bond donors (Lipinski definition) is 0. The van der Waals surface area contributed by atoms with E-state index >= 15 is 0 Å². The van der Waals surface area contributed by atoms with Gasteiger partial charge >= 0.3 is 0 Å². The van der Waals surface area contributed by atoms with Crippen molar-refractivity contribution in [2.75, 3.05) is 24.7 Å². The third-order valence-electron chi connectivity index (χ3n) is 2.07. The Morgan fingerprint density at radius 1 is 0.857 bits per heavy atom. The van der Waals surface area contributed by atoms with Crippen LogP contribution in [0.3, 0.4) is 0 Å². The molecule has 2 unspecified atom stereocenters. The van der Waals surface area contributed by atoms with E-state index < -0.39 is 32.4 Å². The molecule has 0 saturated heterocycles. The van der Waals surface area contributed by atoms with Gasteiger partial charge in [-0.05, 0) is 13.8 Å². The van der Waals surface area contributed by atoms with E-state index in [2.05, 4.69) is 21.5 Å². The van der Waals surface area contributed by atoms with Gasteiger partial charge in [0.1, 0.15) is 11.5 Å². The van der Waals surface area contributed by atoms with Crippen LogP contribution in [-0.4, -0.2) is 53.8 Å². The average molecular weight is 342 g/mol. The molecule has 0 saturated carbocycles. The molecule has 0 aliphatic carbocycles. The van der Waals surface area contributed by atoms with Gasteiger partial charge in [-0.1, -0.05) is 12.2 Å². The molecule has 0 N–H and O–H groups in total. The zero-order valence-corrected chi connectivity index (χ0v) is 13.9.